The molecule has 0 atom stereocenters. The Morgan fingerprint density at radius 1 is 1.08 bits per heavy atom. The highest BCUT2D eigenvalue weighted by molar-refractivity contribution is 7.90. The molecule has 0 saturated heterocycles. The summed E-state index contributed by atoms with van der Waals surface area (Å²) in [7, 11) is 0.286. The number of fused-ring (bicyclic) bond motifs is 2. The second kappa shape index (κ2) is 5.64. The standard InChI is InChI=1S/C20H19NO4S/c1-12-16-8-7-15(26(4,22)23)11-17(16)21(2)20(12)19-9-13-5-6-14(24-3)10-18(13)25-19/h5-11H,1-4H3. The zero-order valence-corrected chi connectivity index (χ0v) is 15.8. The van der Waals surface area contributed by atoms with Gasteiger partial charge in [-0.2, -0.15) is 0 Å². The first-order valence-electron chi connectivity index (χ1n) is 8.16. The Morgan fingerprint density at radius 2 is 1.85 bits per heavy atom. The Hall–Kier alpha value is -2.73. The molecule has 0 N–H and O–H groups in total. The number of hydrogen-bond donors (Lipinski definition) is 0. The molecule has 0 bridgehead atoms. The van der Waals surface area contributed by atoms with Crippen molar-refractivity contribution < 1.29 is 17.6 Å². The van der Waals surface area contributed by atoms with E-state index in [-0.39, 0.29) is 0 Å². The van der Waals surface area contributed by atoms with Crippen molar-refractivity contribution in [2.45, 2.75) is 11.8 Å². The maximum absolute atomic E-state index is 11.9. The van der Waals surface area contributed by atoms with E-state index in [1.54, 1.807) is 19.2 Å². The number of aromatic nitrogens is 1. The van der Waals surface area contributed by atoms with Crippen molar-refractivity contribution in [2.75, 3.05) is 13.4 Å². The van der Waals surface area contributed by atoms with Crippen LogP contribution in [0.1, 0.15) is 5.56 Å². The number of methoxy groups -OCH3 is 1. The molecule has 2 aromatic carbocycles. The summed E-state index contributed by atoms with van der Waals surface area (Å²) in [6, 6.07) is 12.9. The van der Waals surface area contributed by atoms with Gasteiger partial charge in [-0.15, -0.1) is 0 Å². The van der Waals surface area contributed by atoms with Gasteiger partial charge in [-0.1, -0.05) is 6.07 Å². The van der Waals surface area contributed by atoms with Gasteiger partial charge in [0.25, 0.3) is 0 Å². The van der Waals surface area contributed by atoms with Crippen molar-refractivity contribution in [3.63, 3.8) is 0 Å². The van der Waals surface area contributed by atoms with Crippen LogP contribution in [-0.4, -0.2) is 26.4 Å². The minimum Gasteiger partial charge on any atom is -0.497 e. The zero-order valence-electron chi connectivity index (χ0n) is 15.0. The highest BCUT2D eigenvalue weighted by Crippen LogP contribution is 2.37. The molecule has 0 aliphatic heterocycles. The first kappa shape index (κ1) is 16.7. The average molecular weight is 369 g/mol. The van der Waals surface area contributed by atoms with Gasteiger partial charge in [0.15, 0.2) is 15.6 Å². The van der Waals surface area contributed by atoms with E-state index in [1.807, 2.05) is 48.9 Å². The number of sulfone groups is 1. The summed E-state index contributed by atoms with van der Waals surface area (Å²) in [4.78, 5) is 0.312. The molecule has 0 spiro atoms. The number of hydrogen-bond acceptors (Lipinski definition) is 4. The summed E-state index contributed by atoms with van der Waals surface area (Å²) < 4.78 is 37.1. The molecule has 5 nitrogen and oxygen atoms in total. The number of rotatable bonds is 3. The third-order valence-electron chi connectivity index (χ3n) is 4.81. The molecular formula is C20H19NO4S. The summed E-state index contributed by atoms with van der Waals surface area (Å²) in [6.07, 6.45) is 1.22. The smallest absolute Gasteiger partial charge is 0.175 e. The number of furan rings is 1. The van der Waals surface area contributed by atoms with Crippen molar-refractivity contribution >= 4 is 31.7 Å². The third-order valence-corrected chi connectivity index (χ3v) is 5.92. The van der Waals surface area contributed by atoms with Crippen LogP contribution in [0.5, 0.6) is 5.75 Å². The van der Waals surface area contributed by atoms with E-state index in [2.05, 4.69) is 0 Å². The average Bonchev–Trinajstić information content (AvgIpc) is 3.12. The maximum Gasteiger partial charge on any atom is 0.175 e. The summed E-state index contributed by atoms with van der Waals surface area (Å²) in [6.45, 7) is 2.02. The molecule has 0 fully saturated rings. The molecule has 26 heavy (non-hydrogen) atoms. The van der Waals surface area contributed by atoms with Crippen LogP contribution in [0.2, 0.25) is 0 Å². The highest BCUT2D eigenvalue weighted by Gasteiger charge is 2.19. The minimum absolute atomic E-state index is 0.312. The summed E-state index contributed by atoms with van der Waals surface area (Å²) in [5, 5.41) is 2.00. The predicted octanol–water partition coefficient (Wildman–Crippen LogP) is 4.31. The monoisotopic (exact) mass is 369 g/mol. The molecular weight excluding hydrogens is 350 g/mol. The first-order chi connectivity index (χ1) is 12.3. The maximum atomic E-state index is 11.9. The molecule has 0 amide bonds. The molecule has 0 saturated carbocycles. The van der Waals surface area contributed by atoms with Crippen molar-refractivity contribution in [3.05, 3.63) is 48.0 Å². The Morgan fingerprint density at radius 3 is 2.54 bits per heavy atom. The second-order valence-corrected chi connectivity index (χ2v) is 8.51. The topological polar surface area (TPSA) is 61.4 Å². The Labute approximate surface area is 151 Å². The molecule has 0 unspecified atom stereocenters. The molecule has 0 aliphatic carbocycles. The number of nitrogens with zero attached hydrogens (tertiary/aromatic N) is 1. The normalized spacial score (nSPS) is 12.2. The van der Waals surface area contributed by atoms with E-state index in [9.17, 15) is 8.42 Å². The SMILES string of the molecule is COc1ccc2cc(-c3c(C)c4ccc(S(C)(=O)=O)cc4n3C)oc2c1. The van der Waals surface area contributed by atoms with Crippen LogP contribution >= 0.6 is 0 Å². The van der Waals surface area contributed by atoms with E-state index < -0.39 is 9.84 Å². The zero-order chi connectivity index (χ0) is 18.6. The van der Waals surface area contributed by atoms with Gasteiger partial charge in [0.05, 0.1) is 17.7 Å². The second-order valence-electron chi connectivity index (χ2n) is 6.50. The summed E-state index contributed by atoms with van der Waals surface area (Å²) in [5.74, 6) is 1.48. The van der Waals surface area contributed by atoms with Crippen LogP contribution in [0.4, 0.5) is 0 Å². The molecule has 2 heterocycles. The third kappa shape index (κ3) is 2.49. The van der Waals surface area contributed by atoms with Gasteiger partial charge in [0, 0.05) is 35.7 Å². The van der Waals surface area contributed by atoms with Gasteiger partial charge in [0.1, 0.15) is 11.3 Å². The van der Waals surface area contributed by atoms with Gasteiger partial charge < -0.3 is 13.7 Å². The van der Waals surface area contributed by atoms with Crippen molar-refractivity contribution in [3.8, 4) is 17.2 Å². The quantitative estimate of drug-likeness (QED) is 0.540. The van der Waals surface area contributed by atoms with Gasteiger partial charge in [0.2, 0.25) is 0 Å². The van der Waals surface area contributed by atoms with E-state index in [4.69, 9.17) is 9.15 Å². The molecule has 0 radical (unpaired) electrons. The predicted molar refractivity (Wildman–Crippen MR) is 103 cm³/mol. The fourth-order valence-electron chi connectivity index (χ4n) is 3.44. The largest absolute Gasteiger partial charge is 0.497 e. The van der Waals surface area contributed by atoms with Crippen LogP contribution in [0.15, 0.2) is 51.8 Å². The minimum atomic E-state index is -3.26. The van der Waals surface area contributed by atoms with Crippen LogP contribution < -0.4 is 4.74 Å². The van der Waals surface area contributed by atoms with E-state index in [1.165, 1.54) is 6.26 Å². The van der Waals surface area contributed by atoms with Crippen molar-refractivity contribution in [1.29, 1.82) is 0 Å². The summed E-state index contributed by atoms with van der Waals surface area (Å²) in [5.41, 5.74) is 3.59. The number of aryl methyl sites for hydroxylation is 2. The van der Waals surface area contributed by atoms with Crippen LogP contribution in [-0.2, 0) is 16.9 Å². The Bertz CT molecular complexity index is 1260. The van der Waals surface area contributed by atoms with E-state index in [0.717, 1.165) is 44.6 Å². The van der Waals surface area contributed by atoms with Gasteiger partial charge in [-0.05, 0) is 42.8 Å². The number of benzene rings is 2. The van der Waals surface area contributed by atoms with Gasteiger partial charge >= 0.3 is 0 Å². The lowest BCUT2D eigenvalue weighted by molar-refractivity contribution is 0.414. The number of ether oxygens (including phenoxy) is 1. The first-order valence-corrected chi connectivity index (χ1v) is 10.1. The van der Waals surface area contributed by atoms with Crippen molar-refractivity contribution in [1.82, 2.24) is 4.57 Å². The fraction of sp³-hybridized carbons (Fsp3) is 0.200. The van der Waals surface area contributed by atoms with Crippen molar-refractivity contribution in [2.24, 2.45) is 7.05 Å². The Kier molecular flexibility index (Phi) is 3.63. The lowest BCUT2D eigenvalue weighted by Crippen LogP contribution is -1.97. The molecule has 134 valence electrons. The van der Waals surface area contributed by atoms with E-state index in [0.29, 0.717) is 4.90 Å². The molecule has 0 aliphatic rings. The fourth-order valence-corrected chi connectivity index (χ4v) is 4.08. The van der Waals surface area contributed by atoms with Crippen LogP contribution in [0, 0.1) is 6.92 Å². The van der Waals surface area contributed by atoms with Gasteiger partial charge in [-0.25, -0.2) is 8.42 Å². The van der Waals surface area contributed by atoms with Crippen LogP contribution in [0.25, 0.3) is 33.3 Å². The summed E-state index contributed by atoms with van der Waals surface area (Å²) >= 11 is 0. The molecule has 4 aromatic rings. The molecule has 4 rings (SSSR count). The lowest BCUT2D eigenvalue weighted by atomic mass is 10.1. The molecule has 2 aromatic heterocycles. The molecule has 6 heteroatoms. The van der Waals surface area contributed by atoms with Gasteiger partial charge in [-0.3, -0.25) is 0 Å². The highest BCUT2D eigenvalue weighted by atomic mass is 32.2. The lowest BCUT2D eigenvalue weighted by Gasteiger charge is -2.03. The van der Waals surface area contributed by atoms with E-state index >= 15 is 0 Å². The van der Waals surface area contributed by atoms with Crippen LogP contribution in [0.3, 0.4) is 0 Å². The Balaban J connectivity index is 1.96.